The van der Waals surface area contributed by atoms with Crippen LogP contribution >= 0.6 is 11.6 Å². The van der Waals surface area contributed by atoms with E-state index in [1.807, 2.05) is 18.2 Å². The zero-order chi connectivity index (χ0) is 13.8. The van der Waals surface area contributed by atoms with Crippen molar-refractivity contribution in [3.05, 3.63) is 28.8 Å². The summed E-state index contributed by atoms with van der Waals surface area (Å²) in [6.45, 7) is 9.79. The lowest BCUT2D eigenvalue weighted by atomic mass is 10.1. The summed E-state index contributed by atoms with van der Waals surface area (Å²) >= 11 is 6.30. The Kier molecular flexibility index (Phi) is 5.08. The van der Waals surface area contributed by atoms with E-state index in [1.165, 1.54) is 0 Å². The fourth-order valence-electron chi connectivity index (χ4n) is 2.71. The molecule has 0 amide bonds. The normalized spacial score (nSPS) is 17.2. The van der Waals surface area contributed by atoms with Crippen molar-refractivity contribution < 1.29 is 5.11 Å². The molecule has 0 radical (unpaired) electrons. The van der Waals surface area contributed by atoms with Crippen LogP contribution in [-0.4, -0.2) is 42.7 Å². The third-order valence-electron chi connectivity index (χ3n) is 3.55. The summed E-state index contributed by atoms with van der Waals surface area (Å²) in [5.74, 6) is 0.708. The molecular weight excluding hydrogens is 260 g/mol. The summed E-state index contributed by atoms with van der Waals surface area (Å²) in [5.41, 5.74) is 1.93. The molecule has 1 aliphatic rings. The van der Waals surface area contributed by atoms with Gasteiger partial charge in [-0.15, -0.1) is 0 Å². The van der Waals surface area contributed by atoms with Gasteiger partial charge in [-0.2, -0.15) is 0 Å². The minimum atomic E-state index is 0.0438. The number of halogens is 1. The maximum absolute atomic E-state index is 9.45. The predicted octanol–water partition coefficient (Wildman–Crippen LogP) is 2.61. The van der Waals surface area contributed by atoms with Gasteiger partial charge in [0.2, 0.25) is 0 Å². The lowest BCUT2D eigenvalue weighted by Crippen LogP contribution is -2.47. The lowest BCUT2D eigenvalue weighted by molar-refractivity contribution is 0.230. The molecule has 4 heteroatoms. The van der Waals surface area contributed by atoms with E-state index in [0.29, 0.717) is 5.92 Å². The Balaban J connectivity index is 2.05. The molecule has 3 nitrogen and oxygen atoms in total. The van der Waals surface area contributed by atoms with Gasteiger partial charge in [0, 0.05) is 38.3 Å². The summed E-state index contributed by atoms with van der Waals surface area (Å²) in [6.07, 6.45) is 0. The molecule has 0 atom stereocenters. The van der Waals surface area contributed by atoms with Gasteiger partial charge in [0.05, 0.1) is 17.3 Å². The van der Waals surface area contributed by atoms with Crippen molar-refractivity contribution in [2.45, 2.75) is 20.5 Å². The summed E-state index contributed by atoms with van der Waals surface area (Å²) < 4.78 is 0. The number of nitrogens with zero attached hydrogens (tertiary/aromatic N) is 2. The summed E-state index contributed by atoms with van der Waals surface area (Å²) in [4.78, 5) is 4.79. The largest absolute Gasteiger partial charge is 0.392 e. The Morgan fingerprint density at radius 1 is 1.21 bits per heavy atom. The highest BCUT2D eigenvalue weighted by Gasteiger charge is 2.21. The minimum absolute atomic E-state index is 0.0438. The molecule has 0 aromatic heterocycles. The van der Waals surface area contributed by atoms with Crippen LogP contribution in [0.1, 0.15) is 19.4 Å². The number of hydrogen-bond acceptors (Lipinski definition) is 3. The quantitative estimate of drug-likeness (QED) is 0.920. The Hall–Kier alpha value is -0.770. The summed E-state index contributed by atoms with van der Waals surface area (Å²) in [5, 5.41) is 10.2. The second-order valence-electron chi connectivity index (χ2n) is 5.59. The molecule has 1 saturated heterocycles. The highest BCUT2D eigenvalue weighted by atomic mass is 35.5. The van der Waals surface area contributed by atoms with E-state index in [9.17, 15) is 5.11 Å². The molecule has 2 rings (SSSR count). The predicted molar refractivity (Wildman–Crippen MR) is 80.9 cm³/mol. The molecule has 19 heavy (non-hydrogen) atoms. The van der Waals surface area contributed by atoms with Crippen LogP contribution in [-0.2, 0) is 6.61 Å². The molecule has 1 aliphatic heterocycles. The second-order valence-corrected chi connectivity index (χ2v) is 5.99. The van der Waals surface area contributed by atoms with Crippen LogP contribution < -0.4 is 4.90 Å². The molecule has 1 aromatic carbocycles. The third kappa shape index (κ3) is 3.62. The number of benzene rings is 1. The Morgan fingerprint density at radius 2 is 1.89 bits per heavy atom. The number of rotatable bonds is 4. The van der Waals surface area contributed by atoms with Crippen molar-refractivity contribution in [3.8, 4) is 0 Å². The molecule has 1 heterocycles. The van der Waals surface area contributed by atoms with Crippen LogP contribution in [0.25, 0.3) is 0 Å². The maximum Gasteiger partial charge on any atom is 0.0702 e. The zero-order valence-corrected chi connectivity index (χ0v) is 12.5. The first kappa shape index (κ1) is 14.6. The number of hydrogen-bond donors (Lipinski definition) is 1. The Labute approximate surface area is 120 Å². The van der Waals surface area contributed by atoms with Crippen LogP contribution in [0.2, 0.25) is 5.02 Å². The van der Waals surface area contributed by atoms with Crippen LogP contribution in [0, 0.1) is 5.92 Å². The molecule has 0 saturated carbocycles. The fourth-order valence-corrected chi connectivity index (χ4v) is 3.03. The lowest BCUT2D eigenvalue weighted by Gasteiger charge is -2.38. The van der Waals surface area contributed by atoms with Gasteiger partial charge in [-0.25, -0.2) is 0 Å². The maximum atomic E-state index is 9.45. The van der Waals surface area contributed by atoms with E-state index in [-0.39, 0.29) is 6.61 Å². The number of aliphatic hydroxyl groups excluding tert-OH is 1. The Bertz CT molecular complexity index is 415. The van der Waals surface area contributed by atoms with E-state index in [0.717, 1.165) is 49.0 Å². The molecule has 1 aromatic rings. The first-order chi connectivity index (χ1) is 9.11. The van der Waals surface area contributed by atoms with E-state index in [4.69, 9.17) is 11.6 Å². The zero-order valence-electron chi connectivity index (χ0n) is 11.8. The van der Waals surface area contributed by atoms with Gasteiger partial charge in [-0.3, -0.25) is 4.90 Å². The van der Waals surface area contributed by atoms with Gasteiger partial charge in [-0.05, 0) is 12.0 Å². The Morgan fingerprint density at radius 3 is 2.47 bits per heavy atom. The van der Waals surface area contributed by atoms with Crippen LogP contribution in [0.5, 0.6) is 0 Å². The van der Waals surface area contributed by atoms with Crippen molar-refractivity contribution in [1.82, 2.24) is 4.90 Å². The van der Waals surface area contributed by atoms with Crippen LogP contribution in [0.4, 0.5) is 5.69 Å². The highest BCUT2D eigenvalue weighted by molar-refractivity contribution is 6.33. The minimum Gasteiger partial charge on any atom is -0.392 e. The molecule has 1 fully saturated rings. The fraction of sp³-hybridized carbons (Fsp3) is 0.600. The van der Waals surface area contributed by atoms with E-state index in [2.05, 4.69) is 23.6 Å². The average Bonchev–Trinajstić information content (AvgIpc) is 2.39. The first-order valence-corrected chi connectivity index (χ1v) is 7.35. The van der Waals surface area contributed by atoms with E-state index < -0.39 is 0 Å². The topological polar surface area (TPSA) is 26.7 Å². The molecule has 106 valence electrons. The van der Waals surface area contributed by atoms with Gasteiger partial charge >= 0.3 is 0 Å². The smallest absolute Gasteiger partial charge is 0.0702 e. The molecule has 0 bridgehead atoms. The van der Waals surface area contributed by atoms with E-state index in [1.54, 1.807) is 0 Å². The molecule has 0 spiro atoms. The van der Waals surface area contributed by atoms with Crippen molar-refractivity contribution >= 4 is 17.3 Å². The van der Waals surface area contributed by atoms with Gasteiger partial charge < -0.3 is 10.0 Å². The number of para-hydroxylation sites is 1. The van der Waals surface area contributed by atoms with Gasteiger partial charge in [0.1, 0.15) is 0 Å². The molecule has 0 unspecified atom stereocenters. The molecule has 1 N–H and O–H groups in total. The standard InChI is InChI=1S/C15H23ClN2O/c1-12(2)10-17-6-8-18(9-7-17)15-13(11-19)4-3-5-14(15)16/h3-5,12,19H,6-11H2,1-2H3. The van der Waals surface area contributed by atoms with Crippen molar-refractivity contribution in [3.63, 3.8) is 0 Å². The number of anilines is 1. The molecular formula is C15H23ClN2O. The number of aliphatic hydroxyl groups is 1. The number of piperazine rings is 1. The van der Waals surface area contributed by atoms with Gasteiger partial charge in [0.15, 0.2) is 0 Å². The van der Waals surface area contributed by atoms with Crippen molar-refractivity contribution in [2.24, 2.45) is 5.92 Å². The molecule has 0 aliphatic carbocycles. The average molecular weight is 283 g/mol. The van der Waals surface area contributed by atoms with Crippen molar-refractivity contribution in [2.75, 3.05) is 37.6 Å². The monoisotopic (exact) mass is 282 g/mol. The summed E-state index contributed by atoms with van der Waals surface area (Å²) in [6, 6.07) is 5.74. The first-order valence-electron chi connectivity index (χ1n) is 6.97. The second kappa shape index (κ2) is 6.60. The van der Waals surface area contributed by atoms with Gasteiger partial charge in [0.25, 0.3) is 0 Å². The van der Waals surface area contributed by atoms with Gasteiger partial charge in [-0.1, -0.05) is 37.6 Å². The van der Waals surface area contributed by atoms with E-state index >= 15 is 0 Å². The van der Waals surface area contributed by atoms with Crippen LogP contribution in [0.15, 0.2) is 18.2 Å². The third-order valence-corrected chi connectivity index (χ3v) is 3.86. The highest BCUT2D eigenvalue weighted by Crippen LogP contribution is 2.30. The SMILES string of the molecule is CC(C)CN1CCN(c2c(Cl)cccc2CO)CC1. The van der Waals surface area contributed by atoms with Crippen LogP contribution in [0.3, 0.4) is 0 Å². The van der Waals surface area contributed by atoms with Crippen molar-refractivity contribution in [1.29, 1.82) is 0 Å². The summed E-state index contributed by atoms with van der Waals surface area (Å²) in [7, 11) is 0.